The van der Waals surface area contributed by atoms with Crippen molar-refractivity contribution in [2.75, 3.05) is 6.54 Å². The summed E-state index contributed by atoms with van der Waals surface area (Å²) in [6.07, 6.45) is 4.97. The first-order valence-electron chi connectivity index (χ1n) is 6.48. The van der Waals surface area contributed by atoms with Crippen LogP contribution < -0.4 is 5.32 Å². The third kappa shape index (κ3) is 4.90. The summed E-state index contributed by atoms with van der Waals surface area (Å²) >= 11 is 0. The van der Waals surface area contributed by atoms with Gasteiger partial charge in [-0.3, -0.25) is 0 Å². The van der Waals surface area contributed by atoms with E-state index in [0.29, 0.717) is 0 Å². The van der Waals surface area contributed by atoms with Crippen LogP contribution in [0.1, 0.15) is 47.4 Å². The van der Waals surface area contributed by atoms with Crippen molar-refractivity contribution in [1.82, 2.24) is 14.9 Å². The smallest absolute Gasteiger partial charge is 0.108 e. The normalized spacial score (nSPS) is 13.1. The quantitative estimate of drug-likeness (QED) is 0.853. The third-order valence-corrected chi connectivity index (χ3v) is 2.81. The van der Waals surface area contributed by atoms with E-state index in [1.165, 1.54) is 5.82 Å². The lowest BCUT2D eigenvalue weighted by atomic mass is 9.92. The minimum Gasteiger partial charge on any atom is -0.334 e. The van der Waals surface area contributed by atoms with Gasteiger partial charge in [0.15, 0.2) is 0 Å². The van der Waals surface area contributed by atoms with E-state index in [9.17, 15) is 0 Å². The zero-order chi connectivity index (χ0) is 13.1. The number of rotatable bonds is 5. The Morgan fingerprint density at radius 1 is 1.24 bits per heavy atom. The van der Waals surface area contributed by atoms with Crippen molar-refractivity contribution in [3.8, 4) is 0 Å². The minimum absolute atomic E-state index is 0.180. The predicted molar refractivity (Wildman–Crippen MR) is 73.1 cm³/mol. The Morgan fingerprint density at radius 2 is 1.88 bits per heavy atom. The molecule has 0 saturated carbocycles. The van der Waals surface area contributed by atoms with E-state index in [0.717, 1.165) is 19.5 Å². The SMILES string of the molecule is CCc1nccn1CC(C)(C)CNC(C)(C)C. The van der Waals surface area contributed by atoms with Crippen molar-refractivity contribution in [3.63, 3.8) is 0 Å². The molecule has 0 atom stereocenters. The molecular formula is C14H27N3. The highest BCUT2D eigenvalue weighted by molar-refractivity contribution is 4.93. The maximum atomic E-state index is 4.37. The summed E-state index contributed by atoms with van der Waals surface area (Å²) in [5, 5.41) is 3.58. The Labute approximate surface area is 106 Å². The van der Waals surface area contributed by atoms with Gasteiger partial charge in [-0.25, -0.2) is 4.98 Å². The Hall–Kier alpha value is -0.830. The van der Waals surface area contributed by atoms with Crippen molar-refractivity contribution in [2.45, 2.75) is 60.0 Å². The molecule has 1 heterocycles. The summed E-state index contributed by atoms with van der Waals surface area (Å²) in [5.74, 6) is 1.17. The van der Waals surface area contributed by atoms with E-state index in [-0.39, 0.29) is 11.0 Å². The fourth-order valence-electron chi connectivity index (χ4n) is 1.82. The van der Waals surface area contributed by atoms with Crippen molar-refractivity contribution < 1.29 is 0 Å². The highest BCUT2D eigenvalue weighted by Gasteiger charge is 2.22. The van der Waals surface area contributed by atoms with Crippen molar-refractivity contribution in [3.05, 3.63) is 18.2 Å². The van der Waals surface area contributed by atoms with Crippen molar-refractivity contribution in [2.24, 2.45) is 5.41 Å². The van der Waals surface area contributed by atoms with E-state index in [2.05, 4.69) is 62.6 Å². The summed E-state index contributed by atoms with van der Waals surface area (Å²) in [5.41, 5.74) is 0.414. The molecule has 0 bridgehead atoms. The zero-order valence-electron chi connectivity index (χ0n) is 12.2. The summed E-state index contributed by atoms with van der Waals surface area (Å²) in [7, 11) is 0. The summed E-state index contributed by atoms with van der Waals surface area (Å²) in [4.78, 5) is 4.37. The Balaban J connectivity index is 2.60. The lowest BCUT2D eigenvalue weighted by Crippen LogP contribution is -2.43. The Morgan fingerprint density at radius 3 is 2.41 bits per heavy atom. The largest absolute Gasteiger partial charge is 0.334 e. The van der Waals surface area contributed by atoms with E-state index in [4.69, 9.17) is 0 Å². The molecule has 3 nitrogen and oxygen atoms in total. The molecule has 0 aliphatic rings. The van der Waals surface area contributed by atoms with Crippen molar-refractivity contribution >= 4 is 0 Å². The maximum Gasteiger partial charge on any atom is 0.108 e. The van der Waals surface area contributed by atoms with E-state index < -0.39 is 0 Å². The maximum absolute atomic E-state index is 4.37. The van der Waals surface area contributed by atoms with Gasteiger partial charge in [0.25, 0.3) is 0 Å². The molecule has 0 fully saturated rings. The molecule has 0 aliphatic heterocycles. The molecule has 17 heavy (non-hydrogen) atoms. The van der Waals surface area contributed by atoms with Gasteiger partial charge in [0.1, 0.15) is 5.82 Å². The number of imidazole rings is 1. The molecule has 0 spiro atoms. The van der Waals surface area contributed by atoms with Gasteiger partial charge in [-0.05, 0) is 26.2 Å². The second-order valence-corrected chi connectivity index (χ2v) is 6.59. The van der Waals surface area contributed by atoms with Crippen molar-refractivity contribution in [1.29, 1.82) is 0 Å². The molecule has 1 rings (SSSR count). The standard InChI is InChI=1S/C14H27N3/c1-7-12-15-8-9-17(12)11-14(5,6)10-16-13(2,3)4/h8-9,16H,7,10-11H2,1-6H3. The number of hydrogen-bond donors (Lipinski definition) is 1. The highest BCUT2D eigenvalue weighted by atomic mass is 15.1. The van der Waals surface area contributed by atoms with Gasteiger partial charge in [0.2, 0.25) is 0 Å². The van der Waals surface area contributed by atoms with E-state index in [1.54, 1.807) is 0 Å². The molecule has 1 N–H and O–H groups in total. The van der Waals surface area contributed by atoms with Crippen LogP contribution in [0.15, 0.2) is 12.4 Å². The molecule has 3 heteroatoms. The molecule has 1 aromatic heterocycles. The minimum atomic E-state index is 0.180. The lowest BCUT2D eigenvalue weighted by Gasteiger charge is -2.31. The number of nitrogens with one attached hydrogen (secondary N) is 1. The van der Waals surface area contributed by atoms with Crippen LogP contribution in [0.3, 0.4) is 0 Å². The lowest BCUT2D eigenvalue weighted by molar-refractivity contribution is 0.253. The molecule has 0 unspecified atom stereocenters. The van der Waals surface area contributed by atoms with Gasteiger partial charge in [0, 0.05) is 37.4 Å². The molecule has 1 aromatic rings. The van der Waals surface area contributed by atoms with Crippen LogP contribution >= 0.6 is 0 Å². The van der Waals surface area contributed by atoms with E-state index >= 15 is 0 Å². The summed E-state index contributed by atoms with van der Waals surface area (Å²) in [6, 6.07) is 0. The third-order valence-electron chi connectivity index (χ3n) is 2.81. The topological polar surface area (TPSA) is 29.9 Å². The van der Waals surface area contributed by atoms with Gasteiger partial charge in [-0.2, -0.15) is 0 Å². The first-order chi connectivity index (χ1) is 7.73. The van der Waals surface area contributed by atoms with Gasteiger partial charge < -0.3 is 9.88 Å². The van der Waals surface area contributed by atoms with Gasteiger partial charge in [-0.15, -0.1) is 0 Å². The second kappa shape index (κ2) is 5.21. The molecule has 0 radical (unpaired) electrons. The predicted octanol–water partition coefficient (Wildman–Crippen LogP) is 2.86. The summed E-state index contributed by atoms with van der Waals surface area (Å²) < 4.78 is 2.27. The van der Waals surface area contributed by atoms with Gasteiger partial charge in [0.05, 0.1) is 0 Å². The van der Waals surface area contributed by atoms with Gasteiger partial charge >= 0.3 is 0 Å². The van der Waals surface area contributed by atoms with Crippen LogP contribution in [0.5, 0.6) is 0 Å². The monoisotopic (exact) mass is 237 g/mol. The first kappa shape index (κ1) is 14.2. The average Bonchev–Trinajstić information content (AvgIpc) is 2.61. The number of aryl methyl sites for hydroxylation is 1. The van der Waals surface area contributed by atoms with Crippen LogP contribution in [0.4, 0.5) is 0 Å². The summed E-state index contributed by atoms with van der Waals surface area (Å²) in [6.45, 7) is 15.4. The molecule has 0 aromatic carbocycles. The van der Waals surface area contributed by atoms with Crippen LogP contribution in [0, 0.1) is 5.41 Å². The first-order valence-corrected chi connectivity index (χ1v) is 6.48. The fourth-order valence-corrected chi connectivity index (χ4v) is 1.82. The zero-order valence-corrected chi connectivity index (χ0v) is 12.2. The molecule has 98 valence electrons. The molecule has 0 amide bonds. The molecular weight excluding hydrogens is 210 g/mol. The average molecular weight is 237 g/mol. The van der Waals surface area contributed by atoms with Crippen LogP contribution in [0.2, 0.25) is 0 Å². The van der Waals surface area contributed by atoms with Gasteiger partial charge in [-0.1, -0.05) is 20.8 Å². The fraction of sp³-hybridized carbons (Fsp3) is 0.786. The molecule has 0 saturated heterocycles. The number of nitrogens with zero attached hydrogens (tertiary/aromatic N) is 2. The molecule has 0 aliphatic carbocycles. The number of aromatic nitrogens is 2. The number of hydrogen-bond acceptors (Lipinski definition) is 2. The Bertz CT molecular complexity index is 345. The Kier molecular flexibility index (Phi) is 4.36. The van der Waals surface area contributed by atoms with Crippen LogP contribution in [0.25, 0.3) is 0 Å². The second-order valence-electron chi connectivity index (χ2n) is 6.59. The van der Waals surface area contributed by atoms with Crippen LogP contribution in [-0.2, 0) is 13.0 Å². The van der Waals surface area contributed by atoms with Crippen LogP contribution in [-0.4, -0.2) is 21.6 Å². The highest BCUT2D eigenvalue weighted by Crippen LogP contribution is 2.19. The van der Waals surface area contributed by atoms with E-state index in [1.807, 2.05) is 6.20 Å².